The largest absolute Gasteiger partial charge is 0.302 e. The number of benzene rings is 1. The molecule has 6 nitrogen and oxygen atoms in total. The Kier molecular flexibility index (Phi) is 5.88. The summed E-state index contributed by atoms with van der Waals surface area (Å²) < 4.78 is 27.2. The molecular formula is C16H17Cl2N3O3S2. The molecule has 3 rings (SSSR count). The molecule has 1 N–H and O–H groups in total. The van der Waals surface area contributed by atoms with Gasteiger partial charge in [0.05, 0.1) is 5.02 Å². The number of carbonyl (C=O) groups excluding carboxylic acids is 1. The van der Waals surface area contributed by atoms with E-state index in [1.54, 1.807) is 18.5 Å². The minimum absolute atomic E-state index is 0.0479. The molecule has 0 radical (unpaired) electrons. The first-order chi connectivity index (χ1) is 12.3. The average molecular weight is 434 g/mol. The number of hydrogen-bond donors (Lipinski definition) is 1. The zero-order valence-electron chi connectivity index (χ0n) is 13.9. The highest BCUT2D eigenvalue weighted by Crippen LogP contribution is 2.32. The van der Waals surface area contributed by atoms with E-state index >= 15 is 0 Å². The molecule has 1 aliphatic heterocycles. The molecule has 1 aromatic carbocycles. The molecule has 0 bridgehead atoms. The van der Waals surface area contributed by atoms with Gasteiger partial charge in [-0.25, -0.2) is 13.4 Å². The van der Waals surface area contributed by atoms with Crippen LogP contribution in [0, 0.1) is 12.8 Å². The summed E-state index contributed by atoms with van der Waals surface area (Å²) in [4.78, 5) is 16.4. The van der Waals surface area contributed by atoms with Crippen molar-refractivity contribution in [1.29, 1.82) is 0 Å². The van der Waals surface area contributed by atoms with Crippen LogP contribution in [-0.2, 0) is 14.8 Å². The Morgan fingerprint density at radius 3 is 2.58 bits per heavy atom. The lowest BCUT2D eigenvalue weighted by atomic mass is 9.97. The van der Waals surface area contributed by atoms with Crippen LogP contribution >= 0.6 is 34.5 Å². The van der Waals surface area contributed by atoms with E-state index in [1.165, 1.54) is 27.8 Å². The second kappa shape index (κ2) is 7.82. The van der Waals surface area contributed by atoms with E-state index in [2.05, 4.69) is 10.3 Å². The lowest BCUT2D eigenvalue weighted by Crippen LogP contribution is -2.41. The van der Waals surface area contributed by atoms with E-state index in [1.807, 2.05) is 0 Å². The molecular weight excluding hydrogens is 417 g/mol. The Balaban J connectivity index is 1.69. The van der Waals surface area contributed by atoms with Gasteiger partial charge in [0.15, 0.2) is 5.13 Å². The lowest BCUT2D eigenvalue weighted by Gasteiger charge is -2.30. The van der Waals surface area contributed by atoms with E-state index in [0.29, 0.717) is 28.6 Å². The molecule has 1 aromatic heterocycles. The number of sulfonamides is 1. The number of carbonyl (C=O) groups is 1. The Hall–Kier alpha value is -1.19. The summed E-state index contributed by atoms with van der Waals surface area (Å²) in [6.45, 7) is 2.25. The Bertz CT molecular complexity index is 909. The summed E-state index contributed by atoms with van der Waals surface area (Å²) in [6, 6.07) is 2.93. The molecule has 0 unspecified atom stereocenters. The first-order valence-corrected chi connectivity index (χ1v) is 11.0. The van der Waals surface area contributed by atoms with Gasteiger partial charge in [-0.05, 0) is 37.5 Å². The molecule has 10 heteroatoms. The van der Waals surface area contributed by atoms with Gasteiger partial charge in [-0.15, -0.1) is 11.3 Å². The summed E-state index contributed by atoms with van der Waals surface area (Å²) in [5.74, 6) is -0.370. The number of amides is 1. The number of aryl methyl sites for hydroxylation is 1. The molecule has 1 amide bonds. The fraction of sp³-hybridized carbons (Fsp3) is 0.375. The van der Waals surface area contributed by atoms with Crippen LogP contribution in [-0.4, -0.2) is 36.7 Å². The number of thiazole rings is 1. The number of piperidine rings is 1. The van der Waals surface area contributed by atoms with Gasteiger partial charge in [0.2, 0.25) is 15.9 Å². The van der Waals surface area contributed by atoms with Crippen molar-refractivity contribution >= 4 is 55.6 Å². The maximum absolute atomic E-state index is 12.9. The Labute approximate surface area is 166 Å². The van der Waals surface area contributed by atoms with Gasteiger partial charge in [-0.2, -0.15) is 4.31 Å². The van der Waals surface area contributed by atoms with E-state index in [0.717, 1.165) is 0 Å². The van der Waals surface area contributed by atoms with Crippen LogP contribution in [0.3, 0.4) is 0 Å². The quantitative estimate of drug-likeness (QED) is 0.794. The fourth-order valence-corrected chi connectivity index (χ4v) is 5.63. The zero-order chi connectivity index (χ0) is 18.9. The van der Waals surface area contributed by atoms with Crippen molar-refractivity contribution in [2.45, 2.75) is 24.7 Å². The molecule has 26 heavy (non-hydrogen) atoms. The SMILES string of the molecule is Cc1cc(S(=O)(=O)N2CCC(C(=O)Nc3nccs3)CC2)c(Cl)cc1Cl. The topological polar surface area (TPSA) is 79.4 Å². The highest BCUT2D eigenvalue weighted by molar-refractivity contribution is 7.89. The van der Waals surface area contributed by atoms with E-state index in [9.17, 15) is 13.2 Å². The van der Waals surface area contributed by atoms with E-state index < -0.39 is 10.0 Å². The predicted octanol–water partition coefficient (Wildman–Crippen LogP) is 3.80. The van der Waals surface area contributed by atoms with Crippen LogP contribution < -0.4 is 5.32 Å². The number of nitrogens with zero attached hydrogens (tertiary/aromatic N) is 2. The van der Waals surface area contributed by atoms with Gasteiger partial charge in [0.1, 0.15) is 4.90 Å². The van der Waals surface area contributed by atoms with Gasteiger partial charge in [0, 0.05) is 35.6 Å². The van der Waals surface area contributed by atoms with Gasteiger partial charge in [-0.1, -0.05) is 23.2 Å². The molecule has 0 aliphatic carbocycles. The van der Waals surface area contributed by atoms with Crippen LogP contribution in [0.2, 0.25) is 10.0 Å². The maximum atomic E-state index is 12.9. The average Bonchev–Trinajstić information content (AvgIpc) is 3.11. The molecule has 1 saturated heterocycles. The molecule has 1 aliphatic rings. The third kappa shape index (κ3) is 4.04. The molecule has 1 fully saturated rings. The molecule has 140 valence electrons. The van der Waals surface area contributed by atoms with Crippen molar-refractivity contribution in [1.82, 2.24) is 9.29 Å². The van der Waals surface area contributed by atoms with Gasteiger partial charge in [0.25, 0.3) is 0 Å². The van der Waals surface area contributed by atoms with E-state index in [-0.39, 0.29) is 34.8 Å². The number of nitrogens with one attached hydrogen (secondary N) is 1. The van der Waals surface area contributed by atoms with Gasteiger partial charge in [-0.3, -0.25) is 4.79 Å². The summed E-state index contributed by atoms with van der Waals surface area (Å²) in [6.07, 6.45) is 2.51. The summed E-state index contributed by atoms with van der Waals surface area (Å²) >= 11 is 13.4. The first kappa shape index (κ1) is 19.6. The van der Waals surface area contributed by atoms with Crippen molar-refractivity contribution < 1.29 is 13.2 Å². The summed E-state index contributed by atoms with van der Waals surface area (Å²) in [5.41, 5.74) is 0.646. The fourth-order valence-electron chi connectivity index (χ4n) is 2.82. The van der Waals surface area contributed by atoms with Crippen molar-refractivity contribution in [3.8, 4) is 0 Å². The number of rotatable bonds is 4. The maximum Gasteiger partial charge on any atom is 0.244 e. The standard InChI is InChI=1S/C16H17Cl2N3O3S2/c1-10-8-14(13(18)9-12(10)17)26(23,24)21-5-2-11(3-6-21)15(22)20-16-19-4-7-25-16/h4,7-9,11H,2-3,5-6H2,1H3,(H,19,20,22). The minimum Gasteiger partial charge on any atom is -0.302 e. The van der Waals surface area contributed by atoms with E-state index in [4.69, 9.17) is 23.2 Å². The molecule has 0 saturated carbocycles. The van der Waals surface area contributed by atoms with Crippen LogP contribution in [0.15, 0.2) is 28.6 Å². The Morgan fingerprint density at radius 1 is 1.27 bits per heavy atom. The van der Waals surface area contributed by atoms with Crippen LogP contribution in [0.1, 0.15) is 18.4 Å². The van der Waals surface area contributed by atoms with Crippen LogP contribution in [0.5, 0.6) is 0 Å². The number of anilines is 1. The lowest BCUT2D eigenvalue weighted by molar-refractivity contribution is -0.120. The van der Waals surface area contributed by atoms with Crippen molar-refractivity contribution in [3.05, 3.63) is 39.3 Å². The van der Waals surface area contributed by atoms with Gasteiger partial charge >= 0.3 is 0 Å². The highest BCUT2D eigenvalue weighted by Gasteiger charge is 2.33. The normalized spacial score (nSPS) is 16.6. The number of halogens is 2. The first-order valence-electron chi connectivity index (χ1n) is 7.95. The monoisotopic (exact) mass is 433 g/mol. The number of hydrogen-bond acceptors (Lipinski definition) is 5. The second-order valence-electron chi connectivity index (χ2n) is 6.04. The number of aromatic nitrogens is 1. The smallest absolute Gasteiger partial charge is 0.244 e. The Morgan fingerprint density at radius 2 is 1.96 bits per heavy atom. The van der Waals surface area contributed by atoms with Crippen molar-refractivity contribution in [2.24, 2.45) is 5.92 Å². The second-order valence-corrected chi connectivity index (χ2v) is 9.65. The van der Waals surface area contributed by atoms with Gasteiger partial charge < -0.3 is 5.32 Å². The summed E-state index contributed by atoms with van der Waals surface area (Å²) in [7, 11) is -3.73. The van der Waals surface area contributed by atoms with Crippen LogP contribution in [0.25, 0.3) is 0 Å². The van der Waals surface area contributed by atoms with Crippen molar-refractivity contribution in [3.63, 3.8) is 0 Å². The molecule has 0 spiro atoms. The molecule has 2 heterocycles. The third-order valence-electron chi connectivity index (χ3n) is 4.32. The molecule has 0 atom stereocenters. The minimum atomic E-state index is -3.73. The summed E-state index contributed by atoms with van der Waals surface area (Å²) in [5, 5.41) is 5.62. The third-order valence-corrected chi connectivity index (χ3v) is 7.78. The van der Waals surface area contributed by atoms with Crippen molar-refractivity contribution in [2.75, 3.05) is 18.4 Å². The molecule has 2 aromatic rings. The highest BCUT2D eigenvalue weighted by atomic mass is 35.5. The predicted molar refractivity (Wildman–Crippen MR) is 103 cm³/mol. The zero-order valence-corrected chi connectivity index (χ0v) is 17.1. The van der Waals surface area contributed by atoms with Crippen LogP contribution in [0.4, 0.5) is 5.13 Å².